The average molecular weight is 320 g/mol. The predicted molar refractivity (Wildman–Crippen MR) is 78.0 cm³/mol. The molecule has 0 spiro atoms. The maximum Gasteiger partial charge on any atom is 0.252 e. The van der Waals surface area contributed by atoms with Gasteiger partial charge in [0.2, 0.25) is 0 Å². The van der Waals surface area contributed by atoms with E-state index in [1.807, 2.05) is 6.92 Å². The van der Waals surface area contributed by atoms with Gasteiger partial charge in [0.05, 0.1) is 24.0 Å². The number of rotatable bonds is 7. The van der Waals surface area contributed by atoms with Gasteiger partial charge in [-0.2, -0.15) is 0 Å². The van der Waals surface area contributed by atoms with Crippen LogP contribution in [0.5, 0.6) is 0 Å². The first-order valence-corrected chi connectivity index (χ1v) is 8.24. The number of sulfonamides is 1. The smallest absolute Gasteiger partial charge is 0.252 e. The molecule has 0 aliphatic heterocycles. The Balaban J connectivity index is 2.10. The van der Waals surface area contributed by atoms with Gasteiger partial charge in [0.1, 0.15) is 0 Å². The van der Waals surface area contributed by atoms with Crippen molar-refractivity contribution in [1.29, 1.82) is 0 Å². The van der Waals surface area contributed by atoms with E-state index in [2.05, 4.69) is 9.71 Å². The maximum atomic E-state index is 12.0. The van der Waals surface area contributed by atoms with Crippen molar-refractivity contribution in [3.63, 3.8) is 0 Å². The van der Waals surface area contributed by atoms with E-state index in [1.54, 1.807) is 12.1 Å². The van der Waals surface area contributed by atoms with Crippen LogP contribution in [0, 0.1) is 0 Å². The van der Waals surface area contributed by atoms with Crippen LogP contribution >= 0.6 is 11.6 Å². The van der Waals surface area contributed by atoms with Gasteiger partial charge in [-0.1, -0.05) is 11.6 Å². The molecular formula is C12H18ClN3O3S. The molecule has 1 heterocycles. The van der Waals surface area contributed by atoms with Gasteiger partial charge in [-0.25, -0.2) is 8.42 Å². The first kappa shape index (κ1) is 15.5. The summed E-state index contributed by atoms with van der Waals surface area (Å²) in [4.78, 5) is 4.13. The van der Waals surface area contributed by atoms with E-state index < -0.39 is 20.3 Å². The van der Waals surface area contributed by atoms with Crippen LogP contribution in [0.15, 0.2) is 18.3 Å². The second kappa shape index (κ2) is 5.85. The number of hydrogen-bond acceptors (Lipinski definition) is 5. The number of ether oxygens (including phenoxy) is 1. The summed E-state index contributed by atoms with van der Waals surface area (Å²) >= 11 is 5.95. The Morgan fingerprint density at radius 1 is 1.60 bits per heavy atom. The zero-order valence-corrected chi connectivity index (χ0v) is 12.7. The molecule has 1 fully saturated rings. The summed E-state index contributed by atoms with van der Waals surface area (Å²) in [6, 6.07) is 2.77. The molecule has 1 aliphatic carbocycles. The molecule has 1 aromatic heterocycles. The number of nitrogens with two attached hydrogens (primary N) is 1. The van der Waals surface area contributed by atoms with E-state index in [0.29, 0.717) is 37.4 Å². The van der Waals surface area contributed by atoms with Gasteiger partial charge in [-0.3, -0.25) is 9.71 Å². The number of hydrogen-bond donors (Lipinski definition) is 2. The van der Waals surface area contributed by atoms with Crippen molar-refractivity contribution in [2.45, 2.75) is 30.0 Å². The van der Waals surface area contributed by atoms with Crippen LogP contribution in [-0.4, -0.2) is 30.8 Å². The molecule has 20 heavy (non-hydrogen) atoms. The molecule has 1 atom stereocenters. The molecule has 0 radical (unpaired) electrons. The van der Waals surface area contributed by atoms with Crippen LogP contribution in [0.3, 0.4) is 0 Å². The van der Waals surface area contributed by atoms with E-state index in [0.717, 1.165) is 0 Å². The van der Waals surface area contributed by atoms with Gasteiger partial charge in [-0.15, -0.1) is 0 Å². The molecule has 0 bridgehead atoms. The molecule has 112 valence electrons. The molecule has 0 aromatic carbocycles. The third-order valence-corrected chi connectivity index (χ3v) is 5.90. The average Bonchev–Trinajstić information content (AvgIpc) is 3.15. The number of anilines is 1. The second-order valence-corrected chi connectivity index (χ2v) is 7.66. The van der Waals surface area contributed by atoms with E-state index in [1.165, 1.54) is 6.20 Å². The fourth-order valence-electron chi connectivity index (χ4n) is 1.66. The Labute approximate surface area is 123 Å². The molecule has 1 saturated carbocycles. The third-order valence-electron chi connectivity index (χ3n) is 3.04. The molecule has 3 N–H and O–H groups in total. The van der Waals surface area contributed by atoms with Crippen molar-refractivity contribution in [2.75, 3.05) is 17.9 Å². The van der Waals surface area contributed by atoms with E-state index in [4.69, 9.17) is 22.1 Å². The summed E-state index contributed by atoms with van der Waals surface area (Å²) in [6.07, 6.45) is 2.43. The Morgan fingerprint density at radius 3 is 2.90 bits per heavy atom. The number of nitrogens with one attached hydrogen (secondary N) is 1. The van der Waals surface area contributed by atoms with Gasteiger partial charge < -0.3 is 10.5 Å². The van der Waals surface area contributed by atoms with Crippen LogP contribution in [0.25, 0.3) is 0 Å². The summed E-state index contributed by atoms with van der Waals surface area (Å²) in [5, 5.41) is 0. The van der Waals surface area contributed by atoms with Crippen LogP contribution in [0.4, 0.5) is 5.69 Å². The van der Waals surface area contributed by atoms with Crippen molar-refractivity contribution in [1.82, 2.24) is 4.98 Å². The van der Waals surface area contributed by atoms with E-state index in [9.17, 15) is 8.42 Å². The van der Waals surface area contributed by atoms with E-state index >= 15 is 0 Å². The third kappa shape index (κ3) is 3.41. The summed E-state index contributed by atoms with van der Waals surface area (Å²) < 4.78 is 30.6. The first-order valence-electron chi connectivity index (χ1n) is 6.38. The van der Waals surface area contributed by atoms with Crippen molar-refractivity contribution < 1.29 is 13.2 Å². The highest BCUT2D eigenvalue weighted by molar-refractivity contribution is 7.95. The Hall–Kier alpha value is -0.890. The lowest BCUT2D eigenvalue weighted by molar-refractivity contribution is 0.132. The van der Waals surface area contributed by atoms with Crippen molar-refractivity contribution in [2.24, 2.45) is 5.73 Å². The number of pyridine rings is 1. The summed E-state index contributed by atoms with van der Waals surface area (Å²) in [7, 11) is -3.58. The largest absolute Gasteiger partial charge is 0.380 e. The molecule has 1 aromatic rings. The molecule has 0 saturated heterocycles. The number of halogens is 1. The summed E-state index contributed by atoms with van der Waals surface area (Å²) in [6.45, 7) is 2.77. The SMILES string of the molecule is CCOCC(N)c1cc(NS(=O)(=O)C2(Cl)CC2)ccn1. The lowest BCUT2D eigenvalue weighted by atomic mass is 10.2. The highest BCUT2D eigenvalue weighted by atomic mass is 35.5. The van der Waals surface area contributed by atoms with Crippen LogP contribution in [0.2, 0.25) is 0 Å². The van der Waals surface area contributed by atoms with Crippen LogP contribution < -0.4 is 10.5 Å². The zero-order valence-electron chi connectivity index (χ0n) is 11.2. The van der Waals surface area contributed by atoms with Crippen molar-refractivity contribution >= 4 is 27.3 Å². The Morgan fingerprint density at radius 2 is 2.30 bits per heavy atom. The summed E-state index contributed by atoms with van der Waals surface area (Å²) in [5.74, 6) is 0. The molecule has 2 rings (SSSR count). The Kier molecular flexibility index (Phi) is 4.53. The van der Waals surface area contributed by atoms with Crippen molar-refractivity contribution in [3.05, 3.63) is 24.0 Å². The second-order valence-electron chi connectivity index (χ2n) is 4.72. The number of aromatic nitrogens is 1. The minimum absolute atomic E-state index is 0.332. The van der Waals surface area contributed by atoms with Gasteiger partial charge >= 0.3 is 0 Å². The van der Waals surface area contributed by atoms with Gasteiger partial charge in [-0.05, 0) is 31.9 Å². The first-order chi connectivity index (χ1) is 9.38. The molecule has 1 aliphatic rings. The lowest BCUT2D eigenvalue weighted by Crippen LogP contribution is -2.25. The summed E-state index contributed by atoms with van der Waals surface area (Å²) in [5.41, 5.74) is 6.90. The topological polar surface area (TPSA) is 94.3 Å². The predicted octanol–water partition coefficient (Wildman–Crippen LogP) is 1.59. The van der Waals surface area contributed by atoms with Crippen LogP contribution in [-0.2, 0) is 14.8 Å². The van der Waals surface area contributed by atoms with E-state index in [-0.39, 0.29) is 0 Å². The van der Waals surface area contributed by atoms with Crippen molar-refractivity contribution in [3.8, 4) is 0 Å². The monoisotopic (exact) mass is 319 g/mol. The fraction of sp³-hybridized carbons (Fsp3) is 0.583. The number of nitrogens with zero attached hydrogens (tertiary/aromatic N) is 1. The standard InChI is InChI=1S/C12H18ClN3O3S/c1-2-19-8-10(14)11-7-9(3-6-15-11)16-20(17,18)12(13)4-5-12/h3,6-7,10H,2,4-5,8,14H2,1H3,(H,15,16). The molecular weight excluding hydrogens is 302 g/mol. The highest BCUT2D eigenvalue weighted by Gasteiger charge is 2.53. The normalized spacial score (nSPS) is 18.6. The molecule has 6 nitrogen and oxygen atoms in total. The number of alkyl halides is 1. The highest BCUT2D eigenvalue weighted by Crippen LogP contribution is 2.47. The Bertz CT molecular complexity index is 575. The molecule has 0 amide bonds. The lowest BCUT2D eigenvalue weighted by Gasteiger charge is -2.14. The molecule has 8 heteroatoms. The fourth-order valence-corrected chi connectivity index (χ4v) is 3.13. The zero-order chi connectivity index (χ0) is 14.8. The maximum absolute atomic E-state index is 12.0. The van der Waals surface area contributed by atoms with Gasteiger partial charge in [0.15, 0.2) is 4.21 Å². The quantitative estimate of drug-likeness (QED) is 0.744. The van der Waals surface area contributed by atoms with Crippen LogP contribution in [0.1, 0.15) is 31.5 Å². The molecule has 1 unspecified atom stereocenters. The van der Waals surface area contributed by atoms with Gasteiger partial charge in [0, 0.05) is 12.8 Å². The van der Waals surface area contributed by atoms with Gasteiger partial charge in [0.25, 0.3) is 10.0 Å². The minimum atomic E-state index is -3.58. The minimum Gasteiger partial charge on any atom is -0.380 e.